The van der Waals surface area contributed by atoms with Crippen LogP contribution in [0.15, 0.2) is 35.1 Å². The van der Waals surface area contributed by atoms with Crippen molar-refractivity contribution in [3.63, 3.8) is 0 Å². The van der Waals surface area contributed by atoms with Gasteiger partial charge < -0.3 is 10.3 Å². The van der Waals surface area contributed by atoms with Gasteiger partial charge in [-0.25, -0.2) is 0 Å². The van der Waals surface area contributed by atoms with Crippen LogP contribution in [0.5, 0.6) is 0 Å². The molecule has 2 fully saturated rings. The fourth-order valence-corrected chi connectivity index (χ4v) is 4.33. The molecule has 1 aliphatic carbocycles. The number of rotatable bonds is 3. The fraction of sp³-hybridized carbons (Fsp3) is 0.474. The number of hydrogen-bond donors (Lipinski definition) is 2. The van der Waals surface area contributed by atoms with Crippen LogP contribution in [0.2, 0.25) is 0 Å². The summed E-state index contributed by atoms with van der Waals surface area (Å²) in [5, 5.41) is 3.72. The Morgan fingerprint density at radius 3 is 2.83 bits per heavy atom. The molecule has 1 saturated heterocycles. The number of aromatic amines is 1. The van der Waals surface area contributed by atoms with Crippen molar-refractivity contribution in [1.29, 1.82) is 0 Å². The first kappa shape index (κ1) is 15.4. The Morgan fingerprint density at radius 1 is 1.17 bits per heavy atom. The summed E-state index contributed by atoms with van der Waals surface area (Å²) in [7, 11) is 2.12. The van der Waals surface area contributed by atoms with Gasteiger partial charge in [-0.1, -0.05) is 12.1 Å². The molecule has 0 unspecified atom stereocenters. The van der Waals surface area contributed by atoms with Gasteiger partial charge in [0, 0.05) is 48.2 Å². The highest BCUT2D eigenvalue weighted by atomic mass is 16.1. The van der Waals surface area contributed by atoms with Gasteiger partial charge in [0.2, 0.25) is 5.91 Å². The number of pyridine rings is 1. The molecule has 126 valence electrons. The number of H-pyrrole nitrogens is 1. The van der Waals surface area contributed by atoms with Crippen LogP contribution >= 0.6 is 0 Å². The number of aromatic nitrogens is 1. The lowest BCUT2D eigenvalue weighted by atomic mass is 9.89. The molecule has 2 N–H and O–H groups in total. The minimum absolute atomic E-state index is 0.0719. The second-order valence-corrected chi connectivity index (χ2v) is 7.27. The molecule has 1 aromatic heterocycles. The molecule has 5 heteroatoms. The van der Waals surface area contributed by atoms with Crippen LogP contribution < -0.4 is 10.7 Å². The Hall–Kier alpha value is -2.14. The molecular weight excluding hydrogens is 302 g/mol. The monoisotopic (exact) mass is 325 g/mol. The summed E-state index contributed by atoms with van der Waals surface area (Å²) in [6.45, 7) is 1.55. The smallest absolute Gasteiger partial charge is 0.220 e. The number of carbonyl (C=O) groups is 1. The van der Waals surface area contributed by atoms with E-state index in [0.717, 1.165) is 42.5 Å². The van der Waals surface area contributed by atoms with Crippen molar-refractivity contribution in [2.45, 2.75) is 31.8 Å². The number of benzene rings is 1. The van der Waals surface area contributed by atoms with Crippen LogP contribution in [-0.4, -0.2) is 35.4 Å². The molecule has 0 spiro atoms. The summed E-state index contributed by atoms with van der Waals surface area (Å²) in [5.74, 6) is 1.31. The van der Waals surface area contributed by atoms with Crippen molar-refractivity contribution < 1.29 is 4.79 Å². The average molecular weight is 325 g/mol. The zero-order valence-electron chi connectivity index (χ0n) is 13.9. The molecule has 5 nitrogen and oxygen atoms in total. The molecule has 1 amide bonds. The summed E-state index contributed by atoms with van der Waals surface area (Å²) in [6.07, 6.45) is 2.87. The second kappa shape index (κ2) is 6.06. The summed E-state index contributed by atoms with van der Waals surface area (Å²) in [6, 6.07) is 9.82. The Labute approximate surface area is 141 Å². The first-order valence-corrected chi connectivity index (χ1v) is 8.68. The molecule has 0 bridgehead atoms. The Bertz CT molecular complexity index is 829. The third-order valence-electron chi connectivity index (χ3n) is 5.66. The van der Waals surface area contributed by atoms with Gasteiger partial charge in [-0.15, -0.1) is 0 Å². The highest BCUT2D eigenvalue weighted by Crippen LogP contribution is 2.38. The van der Waals surface area contributed by atoms with E-state index in [0.29, 0.717) is 24.3 Å². The quantitative estimate of drug-likeness (QED) is 0.905. The topological polar surface area (TPSA) is 65.2 Å². The summed E-state index contributed by atoms with van der Waals surface area (Å²) >= 11 is 0. The van der Waals surface area contributed by atoms with Gasteiger partial charge in [0.05, 0.1) is 0 Å². The number of para-hydroxylation sites is 1. The van der Waals surface area contributed by atoms with E-state index in [9.17, 15) is 9.59 Å². The largest absolute Gasteiger partial charge is 0.357 e. The molecule has 1 aliphatic heterocycles. The normalized spacial score (nSPS) is 26.6. The Morgan fingerprint density at radius 2 is 1.96 bits per heavy atom. The SMILES string of the molecule is CN(Cc1cc(=O)c2ccccc2[nH]1)[C@H]1C[C@H]2CNC(=O)C[C@H]2C1. The number of amides is 1. The van der Waals surface area contributed by atoms with Crippen molar-refractivity contribution in [3.05, 3.63) is 46.2 Å². The minimum atomic E-state index is 0.0719. The number of nitrogens with one attached hydrogen (secondary N) is 2. The van der Waals surface area contributed by atoms with E-state index in [1.165, 1.54) is 0 Å². The Kier molecular flexibility index (Phi) is 3.88. The van der Waals surface area contributed by atoms with Crippen LogP contribution in [0.25, 0.3) is 10.9 Å². The third kappa shape index (κ3) is 2.84. The zero-order valence-corrected chi connectivity index (χ0v) is 13.9. The lowest BCUT2D eigenvalue weighted by molar-refractivity contribution is -0.124. The maximum absolute atomic E-state index is 12.3. The van der Waals surface area contributed by atoms with E-state index < -0.39 is 0 Å². The number of fused-ring (bicyclic) bond motifs is 2. The molecule has 2 aliphatic rings. The van der Waals surface area contributed by atoms with E-state index in [2.05, 4.69) is 22.2 Å². The molecule has 24 heavy (non-hydrogen) atoms. The second-order valence-electron chi connectivity index (χ2n) is 7.27. The van der Waals surface area contributed by atoms with E-state index >= 15 is 0 Å². The molecule has 4 rings (SSSR count). The van der Waals surface area contributed by atoms with Gasteiger partial charge in [0.1, 0.15) is 0 Å². The fourth-order valence-electron chi connectivity index (χ4n) is 4.33. The van der Waals surface area contributed by atoms with E-state index in [1.807, 2.05) is 24.3 Å². The van der Waals surface area contributed by atoms with Crippen LogP contribution in [0.4, 0.5) is 0 Å². The van der Waals surface area contributed by atoms with Crippen molar-refractivity contribution in [1.82, 2.24) is 15.2 Å². The molecular formula is C19H23N3O2. The molecule has 3 atom stereocenters. The van der Waals surface area contributed by atoms with Crippen LogP contribution in [-0.2, 0) is 11.3 Å². The van der Waals surface area contributed by atoms with Gasteiger partial charge in [-0.05, 0) is 43.9 Å². The maximum atomic E-state index is 12.3. The Balaban J connectivity index is 1.49. The van der Waals surface area contributed by atoms with Crippen LogP contribution in [0.3, 0.4) is 0 Å². The molecule has 1 aromatic carbocycles. The van der Waals surface area contributed by atoms with Crippen molar-refractivity contribution in [2.24, 2.45) is 11.8 Å². The molecule has 2 aromatic rings. The first-order chi connectivity index (χ1) is 11.6. The molecule has 2 heterocycles. The lowest BCUT2D eigenvalue weighted by Gasteiger charge is -2.24. The average Bonchev–Trinajstić information content (AvgIpc) is 2.98. The lowest BCUT2D eigenvalue weighted by Crippen LogP contribution is -2.38. The minimum Gasteiger partial charge on any atom is -0.357 e. The van der Waals surface area contributed by atoms with Gasteiger partial charge in [-0.3, -0.25) is 14.5 Å². The summed E-state index contributed by atoms with van der Waals surface area (Å²) in [5.41, 5.74) is 1.91. The predicted octanol–water partition coefficient (Wildman–Crippen LogP) is 1.87. The number of carbonyl (C=O) groups excluding carboxylic acids is 1. The van der Waals surface area contributed by atoms with E-state index in [1.54, 1.807) is 6.07 Å². The van der Waals surface area contributed by atoms with Crippen LogP contribution in [0.1, 0.15) is 25.0 Å². The maximum Gasteiger partial charge on any atom is 0.220 e. The molecule has 1 saturated carbocycles. The molecule has 0 radical (unpaired) electrons. The van der Waals surface area contributed by atoms with Crippen molar-refractivity contribution in [2.75, 3.05) is 13.6 Å². The van der Waals surface area contributed by atoms with Crippen LogP contribution in [0, 0.1) is 11.8 Å². The van der Waals surface area contributed by atoms with Gasteiger partial charge in [0.25, 0.3) is 0 Å². The number of hydrogen-bond acceptors (Lipinski definition) is 3. The zero-order chi connectivity index (χ0) is 16.7. The highest BCUT2D eigenvalue weighted by molar-refractivity contribution is 5.78. The number of nitrogens with zero attached hydrogens (tertiary/aromatic N) is 1. The van der Waals surface area contributed by atoms with E-state index in [4.69, 9.17) is 0 Å². The standard InChI is InChI=1S/C19H23N3O2/c1-22(15-6-12-8-19(24)20-10-13(12)7-15)11-14-9-18(23)16-4-2-3-5-17(16)21-14/h2-5,9,12-13,15H,6-8,10-11H2,1H3,(H,20,24)(H,21,23)/t12-,13+,15-/m1/s1. The first-order valence-electron chi connectivity index (χ1n) is 8.68. The highest BCUT2D eigenvalue weighted by Gasteiger charge is 2.39. The summed E-state index contributed by atoms with van der Waals surface area (Å²) in [4.78, 5) is 29.5. The van der Waals surface area contributed by atoms with Crippen molar-refractivity contribution >= 4 is 16.8 Å². The van der Waals surface area contributed by atoms with Gasteiger partial charge in [-0.2, -0.15) is 0 Å². The predicted molar refractivity (Wildman–Crippen MR) is 93.7 cm³/mol. The number of piperidine rings is 1. The van der Waals surface area contributed by atoms with Gasteiger partial charge >= 0.3 is 0 Å². The summed E-state index contributed by atoms with van der Waals surface area (Å²) < 4.78 is 0. The van der Waals surface area contributed by atoms with Crippen molar-refractivity contribution in [3.8, 4) is 0 Å². The van der Waals surface area contributed by atoms with E-state index in [-0.39, 0.29) is 11.3 Å². The van der Waals surface area contributed by atoms with Gasteiger partial charge in [0.15, 0.2) is 5.43 Å². The third-order valence-corrected chi connectivity index (χ3v) is 5.66.